The van der Waals surface area contributed by atoms with Crippen molar-refractivity contribution in [1.82, 2.24) is 4.90 Å². The Balaban J connectivity index is 2.37. The number of rotatable bonds is 5. The molecule has 0 radical (unpaired) electrons. The molecule has 0 aromatic heterocycles. The number of nitrogens with zero attached hydrogens (tertiary/aromatic N) is 1. The van der Waals surface area contributed by atoms with E-state index in [1.165, 1.54) is 4.90 Å². The summed E-state index contributed by atoms with van der Waals surface area (Å²) >= 11 is 0. The fourth-order valence-electron chi connectivity index (χ4n) is 3.29. The lowest BCUT2D eigenvalue weighted by molar-refractivity contribution is -0.143. The van der Waals surface area contributed by atoms with Gasteiger partial charge in [-0.25, -0.2) is 0 Å². The van der Waals surface area contributed by atoms with Crippen molar-refractivity contribution < 1.29 is 35.9 Å². The van der Waals surface area contributed by atoms with Crippen molar-refractivity contribution in [3.05, 3.63) is 34.9 Å². The number of hydrogen-bond donors (Lipinski definition) is 0. The van der Waals surface area contributed by atoms with Crippen LogP contribution in [0.3, 0.4) is 0 Å². The van der Waals surface area contributed by atoms with Gasteiger partial charge in [0.15, 0.2) is 0 Å². The van der Waals surface area contributed by atoms with Crippen LogP contribution in [0, 0.1) is 11.8 Å². The number of carbonyl (C=O) groups excluding carboxylic acids is 2. The quantitative estimate of drug-likeness (QED) is 0.637. The number of Topliss-reactive ketones (excluding diaryl/α,β-unsaturated/α-hetero) is 1. The van der Waals surface area contributed by atoms with Crippen LogP contribution in [0.5, 0.6) is 0 Å². The van der Waals surface area contributed by atoms with Gasteiger partial charge >= 0.3 is 12.4 Å². The maximum absolute atomic E-state index is 13.0. The summed E-state index contributed by atoms with van der Waals surface area (Å²) in [5, 5.41) is 0. The molecule has 9 heteroatoms. The van der Waals surface area contributed by atoms with Gasteiger partial charge in [0.05, 0.1) is 11.1 Å². The largest absolute Gasteiger partial charge is 0.416 e. The first kappa shape index (κ1) is 22.2. The van der Waals surface area contributed by atoms with E-state index in [4.69, 9.17) is 0 Å². The normalized spacial score (nSPS) is 18.0. The lowest BCUT2D eigenvalue weighted by atomic mass is 10.0. The van der Waals surface area contributed by atoms with E-state index in [2.05, 4.69) is 0 Å². The fourth-order valence-corrected chi connectivity index (χ4v) is 3.29. The van der Waals surface area contributed by atoms with E-state index < -0.39 is 35.3 Å². The Bertz CT molecular complexity index is 707. The molecule has 1 unspecified atom stereocenters. The highest BCUT2D eigenvalue weighted by atomic mass is 19.4. The minimum Gasteiger partial charge on any atom is -0.338 e. The van der Waals surface area contributed by atoms with Crippen LogP contribution in [0.15, 0.2) is 18.2 Å². The molecule has 0 saturated heterocycles. The first-order valence-corrected chi connectivity index (χ1v) is 8.86. The molecule has 0 N–H and O–H groups in total. The Hall–Kier alpha value is -2.06. The number of amides is 1. The Kier molecular flexibility index (Phi) is 6.45. The van der Waals surface area contributed by atoms with E-state index in [0.29, 0.717) is 18.6 Å². The maximum Gasteiger partial charge on any atom is 0.416 e. The molecule has 3 nitrogen and oxygen atoms in total. The minimum atomic E-state index is -4.94. The molecule has 28 heavy (non-hydrogen) atoms. The topological polar surface area (TPSA) is 37.4 Å². The molecule has 1 aromatic rings. The van der Waals surface area contributed by atoms with Crippen molar-refractivity contribution in [2.45, 2.75) is 52.0 Å². The number of alkyl halides is 6. The van der Waals surface area contributed by atoms with E-state index in [0.717, 1.165) is 0 Å². The van der Waals surface area contributed by atoms with Gasteiger partial charge in [-0.1, -0.05) is 13.8 Å². The third-order valence-corrected chi connectivity index (χ3v) is 4.51. The number of carbonyl (C=O) groups is 2. The van der Waals surface area contributed by atoms with E-state index in [1.54, 1.807) is 13.8 Å². The molecule has 1 aliphatic rings. The van der Waals surface area contributed by atoms with Crippen LogP contribution >= 0.6 is 0 Å². The molecule has 1 fully saturated rings. The predicted molar refractivity (Wildman–Crippen MR) is 89.0 cm³/mol. The first-order chi connectivity index (χ1) is 12.8. The maximum atomic E-state index is 13.0. The lowest BCUT2D eigenvalue weighted by Gasteiger charge is -2.28. The molecule has 0 bridgehead atoms. The smallest absolute Gasteiger partial charge is 0.338 e. The van der Waals surface area contributed by atoms with Crippen LogP contribution < -0.4 is 0 Å². The molecule has 156 valence electrons. The third-order valence-electron chi connectivity index (χ3n) is 4.51. The van der Waals surface area contributed by atoms with E-state index in [9.17, 15) is 35.9 Å². The molecule has 2 rings (SSSR count). The summed E-state index contributed by atoms with van der Waals surface area (Å²) in [6.45, 7) is 3.36. The number of halogens is 6. The zero-order chi connectivity index (χ0) is 21.3. The number of hydrogen-bond acceptors (Lipinski definition) is 2. The standard InChI is InChI=1S/C19H21F6NO2/c1-11(2)9-26(17(28)13-3-4-16(27)7-13)10-12-5-14(18(20,21)22)8-15(6-12)19(23,24)25/h5-6,8,11,13H,3-4,7,9-10H2,1-2H3. The van der Waals surface area contributed by atoms with Gasteiger partial charge in [-0.15, -0.1) is 0 Å². The second kappa shape index (κ2) is 8.13. The summed E-state index contributed by atoms with van der Waals surface area (Å²) in [6.07, 6.45) is -9.22. The highest BCUT2D eigenvalue weighted by Crippen LogP contribution is 2.37. The zero-order valence-electron chi connectivity index (χ0n) is 15.5. The summed E-state index contributed by atoms with van der Waals surface area (Å²) in [7, 11) is 0. The van der Waals surface area contributed by atoms with Crippen molar-refractivity contribution in [3.8, 4) is 0 Å². The monoisotopic (exact) mass is 409 g/mol. The van der Waals surface area contributed by atoms with Crippen molar-refractivity contribution in [2.75, 3.05) is 6.54 Å². The number of benzene rings is 1. The van der Waals surface area contributed by atoms with Crippen molar-refractivity contribution in [1.29, 1.82) is 0 Å². The molecule has 1 atom stereocenters. The molecule has 0 aliphatic heterocycles. The van der Waals surface area contributed by atoms with Gasteiger partial charge in [0.2, 0.25) is 5.91 Å². The van der Waals surface area contributed by atoms with E-state index in [1.807, 2.05) is 0 Å². The summed E-state index contributed by atoms with van der Waals surface area (Å²) < 4.78 is 78.3. The molecule has 1 aliphatic carbocycles. The van der Waals surface area contributed by atoms with Crippen molar-refractivity contribution in [2.24, 2.45) is 11.8 Å². The van der Waals surface area contributed by atoms with Gasteiger partial charge in [-0.3, -0.25) is 9.59 Å². The highest BCUT2D eigenvalue weighted by molar-refractivity contribution is 5.90. The summed E-state index contributed by atoms with van der Waals surface area (Å²) in [5.41, 5.74) is -3.07. The van der Waals surface area contributed by atoms with Gasteiger partial charge in [0, 0.05) is 31.8 Å². The predicted octanol–water partition coefficient (Wildman–Crippen LogP) is 5.08. The van der Waals surface area contributed by atoms with Gasteiger partial charge < -0.3 is 4.90 Å². The van der Waals surface area contributed by atoms with Crippen LogP contribution in [0.1, 0.15) is 49.8 Å². The van der Waals surface area contributed by atoms with Crippen molar-refractivity contribution in [3.63, 3.8) is 0 Å². The van der Waals surface area contributed by atoms with E-state index in [-0.39, 0.29) is 49.3 Å². The molecular formula is C19H21F6NO2. The molecule has 0 heterocycles. The first-order valence-electron chi connectivity index (χ1n) is 8.86. The fraction of sp³-hybridized carbons (Fsp3) is 0.579. The van der Waals surface area contributed by atoms with Gasteiger partial charge in [0.1, 0.15) is 5.78 Å². The van der Waals surface area contributed by atoms with Crippen LogP contribution in [-0.4, -0.2) is 23.1 Å². The third kappa shape index (κ3) is 5.72. The molecule has 1 amide bonds. The second-order valence-corrected chi connectivity index (χ2v) is 7.51. The van der Waals surface area contributed by atoms with E-state index >= 15 is 0 Å². The molecular weight excluding hydrogens is 388 g/mol. The van der Waals surface area contributed by atoms with Crippen LogP contribution in [0.2, 0.25) is 0 Å². The highest BCUT2D eigenvalue weighted by Gasteiger charge is 2.37. The second-order valence-electron chi connectivity index (χ2n) is 7.51. The Morgan fingerprint density at radius 1 is 1.07 bits per heavy atom. The van der Waals surface area contributed by atoms with Gasteiger partial charge in [0.25, 0.3) is 0 Å². The molecule has 1 aromatic carbocycles. The minimum absolute atomic E-state index is 0.0473. The Labute approximate surface area is 158 Å². The lowest BCUT2D eigenvalue weighted by Crippen LogP contribution is -2.37. The molecule has 1 saturated carbocycles. The summed E-state index contributed by atoms with van der Waals surface area (Å²) in [5.74, 6) is -1.10. The van der Waals surface area contributed by atoms with Crippen LogP contribution in [0.25, 0.3) is 0 Å². The van der Waals surface area contributed by atoms with Gasteiger partial charge in [-0.05, 0) is 36.1 Å². The number of ketones is 1. The van der Waals surface area contributed by atoms with Crippen LogP contribution in [0.4, 0.5) is 26.3 Å². The summed E-state index contributed by atoms with van der Waals surface area (Å²) in [4.78, 5) is 25.4. The zero-order valence-corrected chi connectivity index (χ0v) is 15.5. The van der Waals surface area contributed by atoms with Crippen molar-refractivity contribution >= 4 is 11.7 Å². The SMILES string of the molecule is CC(C)CN(Cc1cc(C(F)(F)F)cc(C(F)(F)F)c1)C(=O)C1CCC(=O)C1. The Morgan fingerprint density at radius 2 is 1.61 bits per heavy atom. The summed E-state index contributed by atoms with van der Waals surface area (Å²) in [6, 6.07) is 1.33. The van der Waals surface area contributed by atoms with Crippen LogP contribution in [-0.2, 0) is 28.5 Å². The molecule has 0 spiro atoms. The average molecular weight is 409 g/mol. The Morgan fingerprint density at radius 3 is 2.00 bits per heavy atom. The average Bonchev–Trinajstić information content (AvgIpc) is 2.97. The van der Waals surface area contributed by atoms with Gasteiger partial charge in [-0.2, -0.15) is 26.3 Å².